The Hall–Kier alpha value is -1.47. The zero-order valence-electron chi connectivity index (χ0n) is 14.0. The highest BCUT2D eigenvalue weighted by Gasteiger charge is 2.32. The van der Waals surface area contributed by atoms with Crippen molar-refractivity contribution >= 4 is 33.2 Å². The molecule has 7 heteroatoms. The highest BCUT2D eigenvalue weighted by atomic mass is 79.9. The van der Waals surface area contributed by atoms with Crippen molar-refractivity contribution in [2.45, 2.75) is 32.7 Å². The Bertz CT molecular complexity index is 816. The summed E-state index contributed by atoms with van der Waals surface area (Å²) in [5.74, 6) is 0.337. The fraction of sp³-hybridized carbons (Fsp3) is 0.471. The van der Waals surface area contributed by atoms with Gasteiger partial charge in [0.05, 0.1) is 17.1 Å². The number of hydrogen-bond acceptors (Lipinski definition) is 4. The van der Waals surface area contributed by atoms with Gasteiger partial charge in [-0.1, -0.05) is 20.8 Å². The largest absolute Gasteiger partial charge is 0.337 e. The molecule has 2 aromatic rings. The Morgan fingerprint density at radius 2 is 2.08 bits per heavy atom. The highest BCUT2D eigenvalue weighted by molar-refractivity contribution is 9.10. The van der Waals surface area contributed by atoms with E-state index in [1.807, 2.05) is 16.3 Å². The second kappa shape index (κ2) is 6.44. The summed E-state index contributed by atoms with van der Waals surface area (Å²) >= 11 is 4.81. The molecule has 5 nitrogen and oxygen atoms in total. The number of hydrogen-bond donors (Lipinski definition) is 0. The number of rotatable bonds is 3. The van der Waals surface area contributed by atoms with E-state index < -0.39 is 0 Å². The number of carbonyl (C=O) groups is 1. The maximum Gasteiger partial charge on any atom is 0.266 e. The van der Waals surface area contributed by atoms with Crippen LogP contribution < -0.4 is 5.56 Å². The average molecular weight is 410 g/mol. The van der Waals surface area contributed by atoms with Crippen molar-refractivity contribution in [3.8, 4) is 0 Å². The molecule has 0 aliphatic carbocycles. The molecule has 1 amide bonds. The van der Waals surface area contributed by atoms with Gasteiger partial charge in [-0.2, -0.15) is 5.10 Å². The van der Waals surface area contributed by atoms with Gasteiger partial charge in [-0.3, -0.25) is 9.59 Å². The first-order valence-electron chi connectivity index (χ1n) is 7.86. The van der Waals surface area contributed by atoms with Crippen LogP contribution in [0.1, 0.15) is 36.1 Å². The SMILES string of the molecule is CC(C)(C)c1ccc(=O)n(CC2CN(C(=O)c3cc(Br)cs3)C2)n1. The Kier molecular flexibility index (Phi) is 4.66. The van der Waals surface area contributed by atoms with E-state index in [4.69, 9.17) is 0 Å². The molecule has 3 rings (SSSR count). The van der Waals surface area contributed by atoms with E-state index in [1.54, 1.807) is 12.1 Å². The molecular formula is C17H20BrN3O2S. The van der Waals surface area contributed by atoms with Crippen LogP contribution in [0.25, 0.3) is 0 Å². The molecule has 3 heterocycles. The van der Waals surface area contributed by atoms with Crippen molar-refractivity contribution in [2.75, 3.05) is 13.1 Å². The van der Waals surface area contributed by atoms with Gasteiger partial charge < -0.3 is 4.90 Å². The quantitative estimate of drug-likeness (QED) is 0.782. The third-order valence-electron chi connectivity index (χ3n) is 4.09. The lowest BCUT2D eigenvalue weighted by Crippen LogP contribution is -2.52. The molecule has 1 fully saturated rings. The van der Waals surface area contributed by atoms with Gasteiger partial charge in [0.25, 0.3) is 11.5 Å². The molecule has 1 aliphatic rings. The first kappa shape index (κ1) is 17.4. The molecule has 0 saturated carbocycles. The Morgan fingerprint density at radius 3 is 2.67 bits per heavy atom. The monoisotopic (exact) mass is 409 g/mol. The minimum Gasteiger partial charge on any atom is -0.337 e. The lowest BCUT2D eigenvalue weighted by molar-refractivity contribution is 0.0462. The Labute approximate surface area is 153 Å². The predicted octanol–water partition coefficient (Wildman–Crippen LogP) is 3.14. The molecule has 1 aliphatic heterocycles. The second-order valence-electron chi connectivity index (χ2n) is 7.19. The summed E-state index contributed by atoms with van der Waals surface area (Å²) < 4.78 is 2.47. The Morgan fingerprint density at radius 1 is 1.38 bits per heavy atom. The second-order valence-corrected chi connectivity index (χ2v) is 9.02. The fourth-order valence-corrected chi connectivity index (χ4v) is 4.05. The maximum atomic E-state index is 12.3. The van der Waals surface area contributed by atoms with Crippen LogP contribution in [0.15, 0.2) is 32.8 Å². The molecule has 0 radical (unpaired) electrons. The number of thiophene rings is 1. The summed E-state index contributed by atoms with van der Waals surface area (Å²) in [4.78, 5) is 26.9. The summed E-state index contributed by atoms with van der Waals surface area (Å²) in [6.07, 6.45) is 0. The van der Waals surface area contributed by atoms with Crippen molar-refractivity contribution in [1.29, 1.82) is 0 Å². The number of aromatic nitrogens is 2. The van der Waals surface area contributed by atoms with Crippen LogP contribution >= 0.6 is 27.3 Å². The normalized spacial score (nSPS) is 15.4. The molecule has 0 atom stereocenters. The average Bonchev–Trinajstić information content (AvgIpc) is 2.89. The number of halogens is 1. The molecule has 128 valence electrons. The zero-order valence-corrected chi connectivity index (χ0v) is 16.4. The van der Waals surface area contributed by atoms with Crippen LogP contribution in [0, 0.1) is 5.92 Å². The summed E-state index contributed by atoms with van der Waals surface area (Å²) in [7, 11) is 0. The molecule has 0 aromatic carbocycles. The molecule has 24 heavy (non-hydrogen) atoms. The summed E-state index contributed by atoms with van der Waals surface area (Å²) in [5.41, 5.74) is 0.719. The van der Waals surface area contributed by atoms with E-state index in [0.29, 0.717) is 19.6 Å². The lowest BCUT2D eigenvalue weighted by atomic mass is 9.92. The van der Waals surface area contributed by atoms with Gasteiger partial charge in [0.15, 0.2) is 0 Å². The molecule has 0 unspecified atom stereocenters. The van der Waals surface area contributed by atoms with Crippen LogP contribution in [-0.2, 0) is 12.0 Å². The Balaban J connectivity index is 1.63. The maximum absolute atomic E-state index is 12.3. The topological polar surface area (TPSA) is 55.2 Å². The summed E-state index contributed by atoms with van der Waals surface area (Å²) in [6.45, 7) is 8.12. The minimum absolute atomic E-state index is 0.0608. The van der Waals surface area contributed by atoms with Crippen molar-refractivity contribution < 1.29 is 4.79 Å². The van der Waals surface area contributed by atoms with Gasteiger partial charge in [0, 0.05) is 40.3 Å². The molecule has 0 bridgehead atoms. The van der Waals surface area contributed by atoms with Crippen molar-refractivity contribution in [2.24, 2.45) is 5.92 Å². The smallest absolute Gasteiger partial charge is 0.266 e. The van der Waals surface area contributed by atoms with E-state index in [0.717, 1.165) is 15.0 Å². The molecule has 0 N–H and O–H groups in total. The van der Waals surface area contributed by atoms with E-state index in [9.17, 15) is 9.59 Å². The van der Waals surface area contributed by atoms with Gasteiger partial charge in [-0.25, -0.2) is 4.68 Å². The van der Waals surface area contributed by atoms with Crippen molar-refractivity contribution in [3.63, 3.8) is 0 Å². The number of likely N-dealkylation sites (tertiary alicyclic amines) is 1. The van der Waals surface area contributed by atoms with E-state index in [-0.39, 0.29) is 22.8 Å². The van der Waals surface area contributed by atoms with Crippen LogP contribution in [0.4, 0.5) is 0 Å². The lowest BCUT2D eigenvalue weighted by Gasteiger charge is -2.39. The first-order chi connectivity index (χ1) is 11.2. The zero-order chi connectivity index (χ0) is 17.5. The molecular weight excluding hydrogens is 390 g/mol. The van der Waals surface area contributed by atoms with Gasteiger partial charge in [-0.15, -0.1) is 11.3 Å². The molecule has 1 saturated heterocycles. The van der Waals surface area contributed by atoms with Gasteiger partial charge in [-0.05, 0) is 28.1 Å². The number of carbonyl (C=O) groups excluding carboxylic acids is 1. The number of amides is 1. The van der Waals surface area contributed by atoms with Gasteiger partial charge in [0.1, 0.15) is 0 Å². The van der Waals surface area contributed by atoms with Crippen molar-refractivity contribution in [3.05, 3.63) is 49.0 Å². The number of nitrogens with zero attached hydrogens (tertiary/aromatic N) is 3. The van der Waals surface area contributed by atoms with Gasteiger partial charge in [0.2, 0.25) is 0 Å². The summed E-state index contributed by atoms with van der Waals surface area (Å²) in [6, 6.07) is 5.22. The van der Waals surface area contributed by atoms with Crippen LogP contribution in [0.2, 0.25) is 0 Å². The third kappa shape index (κ3) is 3.62. The van der Waals surface area contributed by atoms with Crippen LogP contribution in [-0.4, -0.2) is 33.7 Å². The molecule has 2 aromatic heterocycles. The summed E-state index contributed by atoms with van der Waals surface area (Å²) in [5, 5.41) is 6.40. The van der Waals surface area contributed by atoms with E-state index in [2.05, 4.69) is 41.8 Å². The van der Waals surface area contributed by atoms with Crippen LogP contribution in [0.3, 0.4) is 0 Å². The highest BCUT2D eigenvalue weighted by Crippen LogP contribution is 2.25. The molecule has 0 spiro atoms. The van der Waals surface area contributed by atoms with E-state index >= 15 is 0 Å². The van der Waals surface area contributed by atoms with Gasteiger partial charge >= 0.3 is 0 Å². The minimum atomic E-state index is -0.0936. The predicted molar refractivity (Wildman–Crippen MR) is 98.6 cm³/mol. The fourth-order valence-electron chi connectivity index (χ4n) is 2.66. The first-order valence-corrected chi connectivity index (χ1v) is 9.53. The van der Waals surface area contributed by atoms with Crippen molar-refractivity contribution in [1.82, 2.24) is 14.7 Å². The standard InChI is InChI=1S/C17H20BrN3O2S/c1-17(2,3)14-4-5-15(22)21(19-14)9-11-7-20(8-11)16(23)13-6-12(18)10-24-13/h4-6,10-11H,7-9H2,1-3H3. The van der Waals surface area contributed by atoms with E-state index in [1.165, 1.54) is 16.0 Å². The van der Waals surface area contributed by atoms with Crippen LogP contribution in [0.5, 0.6) is 0 Å². The third-order valence-corrected chi connectivity index (χ3v) is 5.77.